The Morgan fingerprint density at radius 2 is 2.00 bits per heavy atom. The zero-order valence-corrected chi connectivity index (χ0v) is 9.30. The van der Waals surface area contributed by atoms with Crippen molar-refractivity contribution < 1.29 is 20.1 Å². The highest BCUT2D eigenvalue weighted by Gasteiger charge is 2.12. The summed E-state index contributed by atoms with van der Waals surface area (Å²) in [4.78, 5) is 10.7. The molecule has 1 atom stereocenters. The van der Waals surface area contributed by atoms with Crippen LogP contribution in [-0.4, -0.2) is 25.2 Å². The van der Waals surface area contributed by atoms with Gasteiger partial charge in [-0.2, -0.15) is 0 Å². The number of hydrogen-bond donors (Lipinski definition) is 3. The van der Waals surface area contributed by atoms with Gasteiger partial charge in [-0.05, 0) is 17.7 Å². The molecule has 1 rings (SSSR count). The van der Waals surface area contributed by atoms with Crippen LogP contribution in [0, 0.1) is 0 Å². The Labute approximate surface area is 94.3 Å². The largest absolute Gasteiger partial charge is 0.504 e. The van der Waals surface area contributed by atoms with Crippen LogP contribution >= 0.6 is 22.6 Å². The van der Waals surface area contributed by atoms with Gasteiger partial charge in [0.2, 0.25) is 3.79 Å². The van der Waals surface area contributed by atoms with E-state index in [-0.39, 0.29) is 21.7 Å². The predicted octanol–water partition coefficient (Wildman–Crippen LogP) is 0.963. The molecule has 5 heteroatoms. The first-order valence-corrected chi connectivity index (χ1v) is 4.97. The van der Waals surface area contributed by atoms with Gasteiger partial charge in [0.1, 0.15) is 6.10 Å². The van der Waals surface area contributed by atoms with Crippen molar-refractivity contribution in [3.05, 3.63) is 23.8 Å². The monoisotopic (exact) mass is 308 g/mol. The van der Waals surface area contributed by atoms with Crippen LogP contribution in [0.1, 0.15) is 5.56 Å². The number of carbonyl (C=O) groups excluding carboxylic acids is 1. The van der Waals surface area contributed by atoms with Crippen LogP contribution in [-0.2, 0) is 11.2 Å². The van der Waals surface area contributed by atoms with Crippen LogP contribution in [0.2, 0.25) is 0 Å². The molecular weight excluding hydrogens is 299 g/mol. The summed E-state index contributed by atoms with van der Waals surface area (Å²) in [6.45, 7) is 0. The fourth-order valence-electron chi connectivity index (χ4n) is 0.999. The second-order valence-electron chi connectivity index (χ2n) is 2.85. The summed E-state index contributed by atoms with van der Waals surface area (Å²) >= 11 is 1.51. The standard InChI is InChI=1S/C9H9IO4/c10-9(14)8(13)4-5-1-2-6(11)7(12)3-5/h1-3,8,11-13H,4H2/t8-/m1/s1. The highest BCUT2D eigenvalue weighted by atomic mass is 127. The third-order valence-corrected chi connectivity index (χ3v) is 2.45. The van der Waals surface area contributed by atoms with Gasteiger partial charge < -0.3 is 15.3 Å². The molecule has 4 nitrogen and oxygen atoms in total. The van der Waals surface area contributed by atoms with Crippen molar-refractivity contribution in [3.63, 3.8) is 0 Å². The normalized spacial score (nSPS) is 12.4. The number of carbonyl (C=O) groups is 1. The highest BCUT2D eigenvalue weighted by molar-refractivity contribution is 14.1. The van der Waals surface area contributed by atoms with Gasteiger partial charge in [0, 0.05) is 29.0 Å². The SMILES string of the molecule is O=C(I)[C@H](O)Cc1ccc(O)c(O)c1. The molecule has 0 spiro atoms. The van der Waals surface area contributed by atoms with E-state index >= 15 is 0 Å². The first kappa shape index (κ1) is 11.3. The number of aromatic hydroxyl groups is 2. The van der Waals surface area contributed by atoms with E-state index in [4.69, 9.17) is 10.2 Å². The van der Waals surface area contributed by atoms with E-state index in [1.54, 1.807) is 0 Å². The summed E-state index contributed by atoms with van der Waals surface area (Å²) in [5.74, 6) is -0.473. The Morgan fingerprint density at radius 3 is 2.50 bits per heavy atom. The van der Waals surface area contributed by atoms with Gasteiger partial charge in [-0.3, -0.25) is 4.79 Å². The number of aliphatic hydroxyl groups excluding tert-OH is 1. The molecule has 0 aliphatic heterocycles. The number of rotatable bonds is 3. The van der Waals surface area contributed by atoms with Crippen molar-refractivity contribution in [1.82, 2.24) is 0 Å². The van der Waals surface area contributed by atoms with Crippen LogP contribution in [0.4, 0.5) is 0 Å². The molecule has 0 aromatic heterocycles. The summed E-state index contributed by atoms with van der Waals surface area (Å²) in [5.41, 5.74) is 0.595. The van der Waals surface area contributed by atoms with Crippen molar-refractivity contribution in [3.8, 4) is 11.5 Å². The lowest BCUT2D eigenvalue weighted by Gasteiger charge is -2.06. The van der Waals surface area contributed by atoms with Crippen molar-refractivity contribution in [2.24, 2.45) is 0 Å². The fourth-order valence-corrected chi connectivity index (χ4v) is 1.22. The predicted molar refractivity (Wildman–Crippen MR) is 58.5 cm³/mol. The molecule has 0 fully saturated rings. The first-order chi connectivity index (χ1) is 6.50. The number of halogens is 1. The molecule has 0 bridgehead atoms. The third-order valence-electron chi connectivity index (χ3n) is 1.73. The van der Waals surface area contributed by atoms with E-state index in [1.807, 2.05) is 0 Å². The molecule has 0 aliphatic rings. The van der Waals surface area contributed by atoms with Crippen LogP contribution in [0.15, 0.2) is 18.2 Å². The van der Waals surface area contributed by atoms with E-state index in [9.17, 15) is 9.90 Å². The highest BCUT2D eigenvalue weighted by Crippen LogP contribution is 2.25. The summed E-state index contributed by atoms with van der Waals surface area (Å²) in [6, 6.07) is 4.17. The molecule has 0 radical (unpaired) electrons. The molecule has 76 valence electrons. The van der Waals surface area contributed by atoms with E-state index in [0.717, 1.165) is 0 Å². The van der Waals surface area contributed by atoms with E-state index in [1.165, 1.54) is 40.8 Å². The summed E-state index contributed by atoms with van der Waals surface area (Å²) < 4.78 is -0.352. The number of benzene rings is 1. The molecule has 0 heterocycles. The molecule has 0 aliphatic carbocycles. The number of phenolic OH excluding ortho intramolecular Hbond substituents is 2. The first-order valence-electron chi connectivity index (χ1n) is 3.89. The second-order valence-corrected chi connectivity index (χ2v) is 3.91. The maximum absolute atomic E-state index is 10.7. The lowest BCUT2D eigenvalue weighted by atomic mass is 10.1. The third kappa shape index (κ3) is 2.85. The van der Waals surface area contributed by atoms with Gasteiger partial charge in [0.25, 0.3) is 0 Å². The number of hydrogen-bond acceptors (Lipinski definition) is 4. The fraction of sp³-hybridized carbons (Fsp3) is 0.222. The van der Waals surface area contributed by atoms with Crippen molar-refractivity contribution in [2.45, 2.75) is 12.5 Å². The second kappa shape index (κ2) is 4.61. The molecule has 1 aromatic carbocycles. The molecule has 0 unspecified atom stereocenters. The topological polar surface area (TPSA) is 77.8 Å². The molecule has 0 amide bonds. The van der Waals surface area contributed by atoms with Gasteiger partial charge in [-0.1, -0.05) is 6.07 Å². The Kier molecular flexibility index (Phi) is 3.70. The maximum Gasteiger partial charge on any atom is 0.220 e. The number of phenols is 2. The average molecular weight is 308 g/mol. The zero-order chi connectivity index (χ0) is 10.7. The van der Waals surface area contributed by atoms with Gasteiger partial charge in [0.15, 0.2) is 11.5 Å². The summed E-state index contributed by atoms with van der Waals surface area (Å²) in [7, 11) is 0. The van der Waals surface area contributed by atoms with Crippen LogP contribution in [0.3, 0.4) is 0 Å². The van der Waals surface area contributed by atoms with Crippen LogP contribution in [0.5, 0.6) is 11.5 Å². The van der Waals surface area contributed by atoms with E-state index in [0.29, 0.717) is 5.56 Å². The lowest BCUT2D eigenvalue weighted by Crippen LogP contribution is -2.17. The van der Waals surface area contributed by atoms with E-state index in [2.05, 4.69) is 0 Å². The Balaban J connectivity index is 2.78. The van der Waals surface area contributed by atoms with Crippen LogP contribution in [0.25, 0.3) is 0 Å². The average Bonchev–Trinajstić information content (AvgIpc) is 2.11. The molecule has 1 aromatic rings. The quantitative estimate of drug-likeness (QED) is 0.442. The van der Waals surface area contributed by atoms with Crippen molar-refractivity contribution in [2.75, 3.05) is 0 Å². The molecule has 0 saturated carbocycles. The minimum absolute atomic E-state index is 0.135. The molecule has 14 heavy (non-hydrogen) atoms. The summed E-state index contributed by atoms with van der Waals surface area (Å²) in [6.07, 6.45) is -0.935. The van der Waals surface area contributed by atoms with Gasteiger partial charge in [-0.25, -0.2) is 0 Å². The lowest BCUT2D eigenvalue weighted by molar-refractivity contribution is -0.116. The van der Waals surface area contributed by atoms with E-state index < -0.39 is 6.10 Å². The zero-order valence-electron chi connectivity index (χ0n) is 7.14. The minimum atomic E-state index is -1.07. The minimum Gasteiger partial charge on any atom is -0.504 e. The van der Waals surface area contributed by atoms with Gasteiger partial charge >= 0.3 is 0 Å². The Hall–Kier alpha value is -0.820. The maximum atomic E-state index is 10.7. The Bertz CT molecular complexity index is 351. The number of aliphatic hydroxyl groups is 1. The molecule has 3 N–H and O–H groups in total. The van der Waals surface area contributed by atoms with Crippen molar-refractivity contribution in [1.29, 1.82) is 0 Å². The van der Waals surface area contributed by atoms with Gasteiger partial charge in [0.05, 0.1) is 0 Å². The molecule has 0 saturated heterocycles. The smallest absolute Gasteiger partial charge is 0.220 e. The molecular formula is C9H9IO4. The summed E-state index contributed by atoms with van der Waals surface area (Å²) in [5, 5.41) is 27.4. The van der Waals surface area contributed by atoms with Gasteiger partial charge in [-0.15, -0.1) is 0 Å². The Morgan fingerprint density at radius 1 is 1.36 bits per heavy atom. The van der Waals surface area contributed by atoms with Crippen LogP contribution < -0.4 is 0 Å². The van der Waals surface area contributed by atoms with Crippen molar-refractivity contribution >= 4 is 26.4 Å².